The number of phenolic OH excluding ortho intramolecular Hbond substituents is 1. The Morgan fingerprint density at radius 2 is 2.08 bits per heavy atom. The largest absolute Gasteiger partial charge is 0.507 e. The molecule has 0 radical (unpaired) electrons. The minimum Gasteiger partial charge on any atom is -0.507 e. The molecule has 6 nitrogen and oxygen atoms in total. The number of carbonyl (C=O) groups is 1. The van der Waals surface area contributed by atoms with Crippen molar-refractivity contribution in [3.8, 4) is 29.4 Å². The van der Waals surface area contributed by atoms with Crippen molar-refractivity contribution < 1.29 is 9.90 Å². The number of hydrogen-bond acceptors (Lipinski definition) is 5. The van der Waals surface area contributed by atoms with Gasteiger partial charge in [-0.05, 0) is 49.2 Å². The molecule has 1 unspecified atom stereocenters. The molecule has 1 aromatic heterocycles. The van der Waals surface area contributed by atoms with Gasteiger partial charge in [0.1, 0.15) is 11.8 Å². The lowest BCUT2D eigenvalue weighted by molar-refractivity contribution is -0.120. The van der Waals surface area contributed by atoms with Gasteiger partial charge in [-0.1, -0.05) is 19.8 Å². The first kappa shape index (κ1) is 18.4. The maximum Gasteiger partial charge on any atom is 0.240 e. The normalized spacial score (nSPS) is 12.0. The summed E-state index contributed by atoms with van der Waals surface area (Å²) in [5, 5.41) is 21.6. The molecule has 1 heterocycles. The number of aromatic hydroxyl groups is 1. The van der Waals surface area contributed by atoms with Crippen molar-refractivity contribution in [1.82, 2.24) is 15.5 Å². The van der Waals surface area contributed by atoms with E-state index in [1.165, 1.54) is 6.07 Å². The standard InChI is InChI=1S/C19H22N4O2/c1-5-13-6-7-14(16(24)9-13)17-12(4)8-15(22-23-17)18(19(20)25)21-10-11(2)3/h1,6-9,11,18,21,24H,10H2,2-4H3,(H2,20,25). The summed E-state index contributed by atoms with van der Waals surface area (Å²) in [6.07, 6.45) is 5.33. The van der Waals surface area contributed by atoms with Crippen molar-refractivity contribution in [2.75, 3.05) is 6.54 Å². The zero-order chi connectivity index (χ0) is 18.6. The lowest BCUT2D eigenvalue weighted by Crippen LogP contribution is -2.36. The summed E-state index contributed by atoms with van der Waals surface area (Å²) in [5.41, 5.74) is 8.34. The molecule has 0 fully saturated rings. The van der Waals surface area contributed by atoms with E-state index in [2.05, 4.69) is 21.4 Å². The number of benzene rings is 1. The van der Waals surface area contributed by atoms with Gasteiger partial charge in [-0.25, -0.2) is 0 Å². The number of carbonyl (C=O) groups excluding carboxylic acids is 1. The fraction of sp³-hybridized carbons (Fsp3) is 0.316. The van der Waals surface area contributed by atoms with Crippen LogP contribution in [0.5, 0.6) is 5.75 Å². The van der Waals surface area contributed by atoms with Crippen LogP contribution in [0.1, 0.15) is 36.7 Å². The molecule has 0 bridgehead atoms. The van der Waals surface area contributed by atoms with Crippen LogP contribution in [0.15, 0.2) is 24.3 Å². The molecule has 6 heteroatoms. The van der Waals surface area contributed by atoms with E-state index in [-0.39, 0.29) is 5.75 Å². The summed E-state index contributed by atoms with van der Waals surface area (Å²) in [6.45, 7) is 6.54. The highest BCUT2D eigenvalue weighted by atomic mass is 16.3. The maximum atomic E-state index is 11.7. The van der Waals surface area contributed by atoms with E-state index >= 15 is 0 Å². The fourth-order valence-electron chi connectivity index (χ4n) is 2.44. The smallest absolute Gasteiger partial charge is 0.240 e. The molecule has 1 amide bonds. The molecule has 0 spiro atoms. The highest BCUT2D eigenvalue weighted by Crippen LogP contribution is 2.30. The Hall–Kier alpha value is -2.91. The number of rotatable bonds is 6. The number of aromatic nitrogens is 2. The van der Waals surface area contributed by atoms with Crippen molar-refractivity contribution in [3.05, 3.63) is 41.1 Å². The van der Waals surface area contributed by atoms with Crippen LogP contribution in [-0.2, 0) is 4.79 Å². The van der Waals surface area contributed by atoms with E-state index in [1.54, 1.807) is 18.2 Å². The van der Waals surface area contributed by atoms with Crippen LogP contribution in [0.2, 0.25) is 0 Å². The number of terminal acetylenes is 1. The van der Waals surface area contributed by atoms with Gasteiger partial charge in [-0.15, -0.1) is 11.5 Å². The Labute approximate surface area is 147 Å². The Balaban J connectivity index is 2.37. The average molecular weight is 338 g/mol. The Bertz CT molecular complexity index is 825. The highest BCUT2D eigenvalue weighted by molar-refractivity contribution is 5.81. The van der Waals surface area contributed by atoms with E-state index in [9.17, 15) is 9.90 Å². The van der Waals surface area contributed by atoms with E-state index in [0.29, 0.717) is 35.0 Å². The first-order valence-corrected chi connectivity index (χ1v) is 8.00. The molecule has 130 valence electrons. The van der Waals surface area contributed by atoms with Gasteiger partial charge < -0.3 is 16.2 Å². The van der Waals surface area contributed by atoms with Crippen LogP contribution < -0.4 is 11.1 Å². The first-order chi connectivity index (χ1) is 11.8. The van der Waals surface area contributed by atoms with E-state index in [4.69, 9.17) is 12.2 Å². The van der Waals surface area contributed by atoms with Crippen molar-refractivity contribution in [2.45, 2.75) is 26.8 Å². The summed E-state index contributed by atoms with van der Waals surface area (Å²) >= 11 is 0. The molecule has 1 atom stereocenters. The Morgan fingerprint density at radius 3 is 2.60 bits per heavy atom. The number of nitrogens with one attached hydrogen (secondary N) is 1. The summed E-state index contributed by atoms with van der Waals surface area (Å²) < 4.78 is 0. The third-order valence-electron chi connectivity index (χ3n) is 3.73. The predicted octanol–water partition coefficient (Wildman–Crippen LogP) is 1.91. The van der Waals surface area contributed by atoms with E-state index in [1.807, 2.05) is 20.8 Å². The first-order valence-electron chi connectivity index (χ1n) is 8.00. The molecular weight excluding hydrogens is 316 g/mol. The topological polar surface area (TPSA) is 101 Å². The monoisotopic (exact) mass is 338 g/mol. The summed E-state index contributed by atoms with van der Waals surface area (Å²) in [6, 6.07) is 5.96. The number of nitrogens with zero attached hydrogens (tertiary/aromatic N) is 2. The van der Waals surface area contributed by atoms with Crippen LogP contribution in [0, 0.1) is 25.2 Å². The number of nitrogens with two attached hydrogens (primary N) is 1. The van der Waals surface area contributed by atoms with Gasteiger partial charge in [0.15, 0.2) is 0 Å². The van der Waals surface area contributed by atoms with Crippen molar-refractivity contribution in [2.24, 2.45) is 11.7 Å². The van der Waals surface area contributed by atoms with Gasteiger partial charge >= 0.3 is 0 Å². The average Bonchev–Trinajstić information content (AvgIpc) is 2.55. The SMILES string of the molecule is C#Cc1ccc(-c2nnc(C(NCC(C)C)C(N)=O)cc2C)c(O)c1. The molecule has 0 aliphatic carbocycles. The van der Waals surface area contributed by atoms with Gasteiger partial charge in [-0.3, -0.25) is 4.79 Å². The second kappa shape index (κ2) is 7.77. The van der Waals surface area contributed by atoms with Gasteiger partial charge in [0.2, 0.25) is 5.91 Å². The van der Waals surface area contributed by atoms with Crippen molar-refractivity contribution in [1.29, 1.82) is 0 Å². The van der Waals surface area contributed by atoms with E-state index < -0.39 is 11.9 Å². The molecule has 0 aliphatic rings. The lowest BCUT2D eigenvalue weighted by Gasteiger charge is -2.17. The highest BCUT2D eigenvalue weighted by Gasteiger charge is 2.21. The molecule has 2 aromatic rings. The van der Waals surface area contributed by atoms with Crippen LogP contribution in [0.3, 0.4) is 0 Å². The van der Waals surface area contributed by atoms with Gasteiger partial charge in [-0.2, -0.15) is 5.10 Å². The second-order valence-corrected chi connectivity index (χ2v) is 6.31. The third-order valence-corrected chi connectivity index (χ3v) is 3.73. The molecule has 0 saturated heterocycles. The van der Waals surface area contributed by atoms with E-state index in [0.717, 1.165) is 5.56 Å². The van der Waals surface area contributed by atoms with Gasteiger partial charge in [0.05, 0.1) is 11.4 Å². The molecule has 0 saturated carbocycles. The van der Waals surface area contributed by atoms with Crippen LogP contribution in [0.25, 0.3) is 11.3 Å². The predicted molar refractivity (Wildman–Crippen MR) is 96.6 cm³/mol. The quantitative estimate of drug-likeness (QED) is 0.699. The Morgan fingerprint density at radius 1 is 1.36 bits per heavy atom. The zero-order valence-corrected chi connectivity index (χ0v) is 14.6. The second-order valence-electron chi connectivity index (χ2n) is 6.31. The fourth-order valence-corrected chi connectivity index (χ4v) is 2.44. The molecule has 0 aliphatic heterocycles. The maximum absolute atomic E-state index is 11.7. The van der Waals surface area contributed by atoms with Gasteiger partial charge in [0, 0.05) is 11.1 Å². The van der Waals surface area contributed by atoms with Crippen molar-refractivity contribution >= 4 is 5.91 Å². The number of primary amides is 1. The zero-order valence-electron chi connectivity index (χ0n) is 14.6. The Kier molecular flexibility index (Phi) is 5.73. The number of hydrogen-bond donors (Lipinski definition) is 3. The number of aryl methyl sites for hydroxylation is 1. The lowest BCUT2D eigenvalue weighted by atomic mass is 10.0. The van der Waals surface area contributed by atoms with Gasteiger partial charge in [0.25, 0.3) is 0 Å². The number of amides is 1. The van der Waals surface area contributed by atoms with Crippen LogP contribution in [0.4, 0.5) is 0 Å². The summed E-state index contributed by atoms with van der Waals surface area (Å²) in [7, 11) is 0. The molecule has 25 heavy (non-hydrogen) atoms. The van der Waals surface area contributed by atoms with Crippen LogP contribution in [-0.4, -0.2) is 27.8 Å². The molecular formula is C19H22N4O2. The summed E-state index contributed by atoms with van der Waals surface area (Å²) in [4.78, 5) is 11.7. The third kappa shape index (κ3) is 4.34. The molecule has 2 rings (SSSR count). The minimum absolute atomic E-state index is 0.0324. The number of phenols is 1. The molecule has 4 N–H and O–H groups in total. The van der Waals surface area contributed by atoms with Crippen LogP contribution >= 0.6 is 0 Å². The molecule has 1 aromatic carbocycles. The summed E-state index contributed by atoms with van der Waals surface area (Å²) in [5.74, 6) is 2.35. The minimum atomic E-state index is -0.708. The van der Waals surface area contributed by atoms with Crippen molar-refractivity contribution in [3.63, 3.8) is 0 Å².